The number of likely N-dealkylation sites (N-methyl/N-ethyl adjacent to an activating group) is 1. The molecule has 0 unspecified atom stereocenters. The monoisotopic (exact) mass is 278 g/mol. The number of ether oxygens (including phenoxy) is 1. The van der Waals surface area contributed by atoms with Gasteiger partial charge in [-0.3, -0.25) is 0 Å². The summed E-state index contributed by atoms with van der Waals surface area (Å²) >= 11 is 0. The van der Waals surface area contributed by atoms with Crippen molar-refractivity contribution >= 4 is 0 Å². The Bertz CT molecular complexity index is 355. The summed E-state index contributed by atoms with van der Waals surface area (Å²) in [6.07, 6.45) is 5.31. The van der Waals surface area contributed by atoms with E-state index in [0.29, 0.717) is 0 Å². The van der Waals surface area contributed by atoms with Gasteiger partial charge < -0.3 is 15.0 Å². The van der Waals surface area contributed by atoms with Crippen LogP contribution >= 0.6 is 0 Å². The number of nitrogens with zero attached hydrogens (tertiary/aromatic N) is 1. The summed E-state index contributed by atoms with van der Waals surface area (Å²) in [7, 11) is 3.89. The third-order valence-electron chi connectivity index (χ3n) is 3.51. The van der Waals surface area contributed by atoms with Gasteiger partial charge in [0, 0.05) is 25.2 Å². The maximum absolute atomic E-state index is 5.38. The number of nitrogens with one attached hydrogen (secondary N) is 1. The van der Waals surface area contributed by atoms with Crippen molar-refractivity contribution in [3.05, 3.63) is 29.8 Å². The molecule has 20 heavy (non-hydrogen) atoms. The van der Waals surface area contributed by atoms with Gasteiger partial charge in [0.1, 0.15) is 5.75 Å². The van der Waals surface area contributed by atoms with Crippen molar-refractivity contribution in [3.8, 4) is 5.75 Å². The number of para-hydroxylation sites is 1. The van der Waals surface area contributed by atoms with Crippen LogP contribution in [0.4, 0.5) is 0 Å². The molecule has 0 aromatic heterocycles. The van der Waals surface area contributed by atoms with Gasteiger partial charge in [-0.05, 0) is 26.1 Å². The second-order valence-electron chi connectivity index (χ2n) is 5.36. The van der Waals surface area contributed by atoms with E-state index in [-0.39, 0.29) is 0 Å². The molecular weight excluding hydrogens is 248 g/mol. The Kier molecular flexibility index (Phi) is 9.09. The van der Waals surface area contributed by atoms with Gasteiger partial charge in [-0.15, -0.1) is 0 Å². The largest absolute Gasteiger partial charge is 0.496 e. The van der Waals surface area contributed by atoms with Gasteiger partial charge in [0.25, 0.3) is 0 Å². The van der Waals surface area contributed by atoms with Gasteiger partial charge in [0.05, 0.1) is 7.11 Å². The molecule has 0 atom stereocenters. The summed E-state index contributed by atoms with van der Waals surface area (Å²) in [4.78, 5) is 2.33. The molecule has 0 bridgehead atoms. The Hall–Kier alpha value is -1.06. The van der Waals surface area contributed by atoms with E-state index in [1.54, 1.807) is 7.11 Å². The highest BCUT2D eigenvalue weighted by molar-refractivity contribution is 5.32. The Morgan fingerprint density at radius 3 is 2.65 bits per heavy atom. The molecule has 0 aliphatic rings. The highest BCUT2D eigenvalue weighted by Gasteiger charge is 2.05. The van der Waals surface area contributed by atoms with Crippen LogP contribution in [0.25, 0.3) is 0 Å². The maximum atomic E-state index is 5.38. The number of methoxy groups -OCH3 is 1. The van der Waals surface area contributed by atoms with Crippen LogP contribution in [0, 0.1) is 0 Å². The summed E-state index contributed by atoms with van der Waals surface area (Å²) < 4.78 is 5.38. The van der Waals surface area contributed by atoms with Gasteiger partial charge >= 0.3 is 0 Å². The topological polar surface area (TPSA) is 24.5 Å². The third kappa shape index (κ3) is 6.92. The first-order chi connectivity index (χ1) is 9.77. The van der Waals surface area contributed by atoms with Crippen molar-refractivity contribution in [3.63, 3.8) is 0 Å². The summed E-state index contributed by atoms with van der Waals surface area (Å²) in [6.45, 7) is 6.44. The predicted octanol–water partition coefficient (Wildman–Crippen LogP) is 3.30. The second-order valence-corrected chi connectivity index (χ2v) is 5.36. The molecule has 0 saturated heterocycles. The zero-order chi connectivity index (χ0) is 14.6. The highest BCUT2D eigenvalue weighted by Crippen LogP contribution is 2.18. The average Bonchev–Trinajstić information content (AvgIpc) is 2.47. The zero-order valence-electron chi connectivity index (χ0n) is 13.3. The molecule has 0 saturated carbocycles. The van der Waals surface area contributed by atoms with Gasteiger partial charge in [0.15, 0.2) is 0 Å². The minimum Gasteiger partial charge on any atom is -0.496 e. The summed E-state index contributed by atoms with van der Waals surface area (Å²) in [5.74, 6) is 0.979. The lowest BCUT2D eigenvalue weighted by Crippen LogP contribution is -2.29. The molecule has 0 radical (unpaired) electrons. The Morgan fingerprint density at radius 1 is 1.10 bits per heavy atom. The molecule has 1 aromatic carbocycles. The summed E-state index contributed by atoms with van der Waals surface area (Å²) in [6, 6.07) is 8.24. The van der Waals surface area contributed by atoms with E-state index in [2.05, 4.69) is 36.3 Å². The smallest absolute Gasteiger partial charge is 0.123 e. The van der Waals surface area contributed by atoms with Crippen molar-refractivity contribution in [2.75, 3.05) is 33.8 Å². The van der Waals surface area contributed by atoms with Crippen LogP contribution < -0.4 is 10.1 Å². The average molecular weight is 278 g/mol. The lowest BCUT2D eigenvalue weighted by atomic mass is 10.2. The van der Waals surface area contributed by atoms with Gasteiger partial charge in [0.2, 0.25) is 0 Å². The highest BCUT2D eigenvalue weighted by atomic mass is 16.5. The number of unbranched alkanes of at least 4 members (excludes halogenated alkanes) is 3. The second kappa shape index (κ2) is 10.7. The molecule has 0 aliphatic carbocycles. The molecule has 1 rings (SSSR count). The lowest BCUT2D eigenvalue weighted by molar-refractivity contribution is 0.315. The quantitative estimate of drug-likeness (QED) is 0.629. The molecule has 114 valence electrons. The first-order valence-electron chi connectivity index (χ1n) is 7.79. The summed E-state index contributed by atoms with van der Waals surface area (Å²) in [5.41, 5.74) is 1.25. The fourth-order valence-corrected chi connectivity index (χ4v) is 2.28. The van der Waals surface area contributed by atoms with Crippen molar-refractivity contribution in [2.45, 2.75) is 39.2 Å². The zero-order valence-corrected chi connectivity index (χ0v) is 13.3. The van der Waals surface area contributed by atoms with E-state index < -0.39 is 0 Å². The van der Waals surface area contributed by atoms with Crippen LogP contribution in [0.2, 0.25) is 0 Å². The number of hydrogen-bond acceptors (Lipinski definition) is 3. The Labute approximate surface area is 124 Å². The number of hydrogen-bond donors (Lipinski definition) is 1. The Balaban J connectivity index is 2.15. The van der Waals surface area contributed by atoms with Crippen LogP contribution in [-0.2, 0) is 6.54 Å². The van der Waals surface area contributed by atoms with Gasteiger partial charge in [-0.2, -0.15) is 0 Å². The third-order valence-corrected chi connectivity index (χ3v) is 3.51. The first kappa shape index (κ1) is 17.0. The van der Waals surface area contributed by atoms with Crippen molar-refractivity contribution < 1.29 is 4.74 Å². The van der Waals surface area contributed by atoms with Crippen LogP contribution in [0.5, 0.6) is 5.75 Å². The summed E-state index contributed by atoms with van der Waals surface area (Å²) in [5, 5.41) is 3.52. The minimum absolute atomic E-state index is 0.932. The van der Waals surface area contributed by atoms with Crippen molar-refractivity contribution in [1.29, 1.82) is 0 Å². The molecule has 0 fully saturated rings. The SMILES string of the molecule is CCCCCCNCCN(C)Cc1ccccc1OC. The maximum Gasteiger partial charge on any atom is 0.123 e. The molecule has 0 aliphatic heterocycles. The van der Waals surface area contributed by atoms with E-state index in [1.165, 1.54) is 31.2 Å². The van der Waals surface area contributed by atoms with E-state index >= 15 is 0 Å². The van der Waals surface area contributed by atoms with Crippen molar-refractivity contribution in [1.82, 2.24) is 10.2 Å². The molecule has 1 aromatic rings. The molecule has 3 heteroatoms. The fraction of sp³-hybridized carbons (Fsp3) is 0.647. The molecule has 0 amide bonds. The van der Waals surface area contributed by atoms with Crippen LogP contribution in [0.3, 0.4) is 0 Å². The standard InChI is InChI=1S/C17H30N2O/c1-4-5-6-9-12-18-13-14-19(2)15-16-10-7-8-11-17(16)20-3/h7-8,10-11,18H,4-6,9,12-15H2,1-3H3. The first-order valence-corrected chi connectivity index (χ1v) is 7.79. The van der Waals surface area contributed by atoms with Gasteiger partial charge in [-0.25, -0.2) is 0 Å². The van der Waals surface area contributed by atoms with E-state index in [9.17, 15) is 0 Å². The molecular formula is C17H30N2O. The van der Waals surface area contributed by atoms with Crippen LogP contribution in [0.1, 0.15) is 38.2 Å². The molecule has 0 spiro atoms. The Morgan fingerprint density at radius 2 is 1.90 bits per heavy atom. The number of benzene rings is 1. The van der Waals surface area contributed by atoms with Crippen LogP contribution in [0.15, 0.2) is 24.3 Å². The van der Waals surface area contributed by atoms with Gasteiger partial charge in [-0.1, -0.05) is 44.4 Å². The number of rotatable bonds is 11. The van der Waals surface area contributed by atoms with Crippen LogP contribution in [-0.4, -0.2) is 38.7 Å². The van der Waals surface area contributed by atoms with Crippen molar-refractivity contribution in [2.24, 2.45) is 0 Å². The fourth-order valence-electron chi connectivity index (χ4n) is 2.28. The normalized spacial score (nSPS) is 11.0. The van der Waals surface area contributed by atoms with E-state index in [4.69, 9.17) is 4.74 Å². The lowest BCUT2D eigenvalue weighted by Gasteiger charge is -2.18. The van der Waals surface area contributed by atoms with E-state index in [0.717, 1.165) is 31.9 Å². The molecule has 0 heterocycles. The molecule has 1 N–H and O–H groups in total. The minimum atomic E-state index is 0.932. The molecule has 3 nitrogen and oxygen atoms in total. The predicted molar refractivity (Wildman–Crippen MR) is 86.3 cm³/mol. The van der Waals surface area contributed by atoms with E-state index in [1.807, 2.05) is 12.1 Å².